The van der Waals surface area contributed by atoms with Gasteiger partial charge in [-0.15, -0.1) is 0 Å². The van der Waals surface area contributed by atoms with Crippen molar-refractivity contribution in [3.63, 3.8) is 0 Å². The molecule has 0 saturated carbocycles. The highest BCUT2D eigenvalue weighted by atomic mass is 16.5. The molecule has 1 N–H and O–H groups in total. The van der Waals surface area contributed by atoms with Gasteiger partial charge < -0.3 is 14.5 Å². The van der Waals surface area contributed by atoms with E-state index in [2.05, 4.69) is 5.32 Å². The van der Waals surface area contributed by atoms with Crippen LogP contribution in [0.2, 0.25) is 0 Å². The van der Waals surface area contributed by atoms with Crippen molar-refractivity contribution in [1.29, 1.82) is 0 Å². The SMILES string of the molecule is Cc1ccc(CNCC2CC3CCC2O3)o1. The van der Waals surface area contributed by atoms with Crippen LogP contribution in [-0.4, -0.2) is 18.8 Å². The lowest BCUT2D eigenvalue weighted by Gasteiger charge is -2.18. The number of nitrogens with one attached hydrogen (secondary N) is 1. The van der Waals surface area contributed by atoms with Gasteiger partial charge in [0.2, 0.25) is 0 Å². The zero-order valence-electron chi connectivity index (χ0n) is 9.74. The average Bonchev–Trinajstić information content (AvgIpc) is 2.94. The average molecular weight is 221 g/mol. The molecule has 1 aromatic rings. The summed E-state index contributed by atoms with van der Waals surface area (Å²) in [6.07, 6.45) is 4.86. The van der Waals surface area contributed by atoms with Gasteiger partial charge in [0, 0.05) is 12.5 Å². The quantitative estimate of drug-likeness (QED) is 0.846. The second kappa shape index (κ2) is 4.22. The number of fused-ring (bicyclic) bond motifs is 2. The van der Waals surface area contributed by atoms with Crippen LogP contribution in [0, 0.1) is 12.8 Å². The molecule has 0 aromatic carbocycles. The lowest BCUT2D eigenvalue weighted by atomic mass is 9.89. The van der Waals surface area contributed by atoms with Crippen LogP contribution in [0.4, 0.5) is 0 Å². The summed E-state index contributed by atoms with van der Waals surface area (Å²) in [5.41, 5.74) is 0. The predicted octanol–water partition coefficient (Wildman–Crippen LogP) is 2.25. The zero-order valence-corrected chi connectivity index (χ0v) is 9.74. The molecule has 2 aliphatic heterocycles. The summed E-state index contributed by atoms with van der Waals surface area (Å²) in [7, 11) is 0. The zero-order chi connectivity index (χ0) is 11.0. The third kappa shape index (κ3) is 2.02. The normalized spacial score (nSPS) is 32.4. The maximum absolute atomic E-state index is 5.83. The van der Waals surface area contributed by atoms with E-state index >= 15 is 0 Å². The lowest BCUT2D eigenvalue weighted by molar-refractivity contribution is 0.0923. The topological polar surface area (TPSA) is 34.4 Å². The highest BCUT2D eigenvalue weighted by Gasteiger charge is 2.40. The molecular weight excluding hydrogens is 202 g/mol. The van der Waals surface area contributed by atoms with Crippen LogP contribution < -0.4 is 5.32 Å². The van der Waals surface area contributed by atoms with Gasteiger partial charge in [0.1, 0.15) is 11.5 Å². The van der Waals surface area contributed by atoms with E-state index in [4.69, 9.17) is 9.15 Å². The maximum Gasteiger partial charge on any atom is 0.117 e. The Labute approximate surface area is 96.2 Å². The first-order chi connectivity index (χ1) is 7.81. The van der Waals surface area contributed by atoms with Gasteiger partial charge in [-0.1, -0.05) is 0 Å². The third-order valence-corrected chi connectivity index (χ3v) is 3.73. The molecule has 0 amide bonds. The van der Waals surface area contributed by atoms with E-state index in [1.807, 2.05) is 19.1 Å². The van der Waals surface area contributed by atoms with E-state index in [1.165, 1.54) is 19.3 Å². The van der Waals surface area contributed by atoms with Crippen molar-refractivity contribution in [1.82, 2.24) is 5.32 Å². The molecule has 2 saturated heterocycles. The van der Waals surface area contributed by atoms with E-state index < -0.39 is 0 Å². The van der Waals surface area contributed by atoms with Crippen LogP contribution in [0.1, 0.15) is 30.8 Å². The van der Waals surface area contributed by atoms with Gasteiger partial charge in [0.05, 0.1) is 18.8 Å². The minimum atomic E-state index is 0.524. The molecule has 2 fully saturated rings. The van der Waals surface area contributed by atoms with Crippen LogP contribution in [0.5, 0.6) is 0 Å². The Bertz CT molecular complexity index is 361. The van der Waals surface area contributed by atoms with Crippen molar-refractivity contribution >= 4 is 0 Å². The Morgan fingerprint density at radius 3 is 2.94 bits per heavy atom. The fourth-order valence-corrected chi connectivity index (χ4v) is 2.92. The minimum Gasteiger partial charge on any atom is -0.465 e. The number of aryl methyl sites for hydroxylation is 1. The van der Waals surface area contributed by atoms with Gasteiger partial charge in [-0.05, 0) is 38.3 Å². The number of hydrogen-bond donors (Lipinski definition) is 1. The first kappa shape index (κ1) is 10.4. The Morgan fingerprint density at radius 2 is 2.31 bits per heavy atom. The van der Waals surface area contributed by atoms with E-state index in [0.717, 1.165) is 30.5 Å². The summed E-state index contributed by atoms with van der Waals surface area (Å²) in [4.78, 5) is 0. The molecule has 1 aromatic heterocycles. The molecule has 0 radical (unpaired) electrons. The van der Waals surface area contributed by atoms with Crippen molar-refractivity contribution in [2.45, 2.75) is 44.9 Å². The van der Waals surface area contributed by atoms with Gasteiger partial charge in [0.25, 0.3) is 0 Å². The summed E-state index contributed by atoms with van der Waals surface area (Å²) < 4.78 is 11.3. The summed E-state index contributed by atoms with van der Waals surface area (Å²) in [6, 6.07) is 4.05. The molecule has 0 aliphatic carbocycles. The van der Waals surface area contributed by atoms with Crippen molar-refractivity contribution in [2.24, 2.45) is 5.92 Å². The molecule has 3 rings (SSSR count). The molecule has 3 unspecified atom stereocenters. The monoisotopic (exact) mass is 221 g/mol. The highest BCUT2D eigenvalue weighted by molar-refractivity contribution is 5.05. The number of rotatable bonds is 4. The van der Waals surface area contributed by atoms with Crippen LogP contribution in [0.3, 0.4) is 0 Å². The van der Waals surface area contributed by atoms with E-state index in [-0.39, 0.29) is 0 Å². The molecular formula is C13H19NO2. The van der Waals surface area contributed by atoms with E-state index in [9.17, 15) is 0 Å². The standard InChI is InChI=1S/C13H19NO2/c1-9-2-3-12(15-9)8-14-7-10-6-11-4-5-13(10)16-11/h2-3,10-11,13-14H,4-8H2,1H3. The summed E-state index contributed by atoms with van der Waals surface area (Å²) >= 11 is 0. The fraction of sp³-hybridized carbons (Fsp3) is 0.692. The molecule has 88 valence electrons. The van der Waals surface area contributed by atoms with Crippen LogP contribution in [0.25, 0.3) is 0 Å². The minimum absolute atomic E-state index is 0.524. The second-order valence-electron chi connectivity index (χ2n) is 5.01. The van der Waals surface area contributed by atoms with Crippen molar-refractivity contribution < 1.29 is 9.15 Å². The van der Waals surface area contributed by atoms with E-state index in [0.29, 0.717) is 12.2 Å². The Kier molecular flexibility index (Phi) is 2.74. The van der Waals surface area contributed by atoms with Gasteiger partial charge in [-0.25, -0.2) is 0 Å². The second-order valence-corrected chi connectivity index (χ2v) is 5.01. The summed E-state index contributed by atoms with van der Waals surface area (Å²) in [5, 5.41) is 3.47. The first-order valence-electron chi connectivity index (χ1n) is 6.23. The largest absolute Gasteiger partial charge is 0.465 e. The molecule has 3 heteroatoms. The lowest BCUT2D eigenvalue weighted by Crippen LogP contribution is -2.29. The van der Waals surface area contributed by atoms with Crippen LogP contribution >= 0.6 is 0 Å². The molecule has 2 bridgehead atoms. The summed E-state index contributed by atoms with van der Waals surface area (Å²) in [6.45, 7) is 3.87. The molecule has 3 nitrogen and oxygen atoms in total. The highest BCUT2D eigenvalue weighted by Crippen LogP contribution is 2.38. The van der Waals surface area contributed by atoms with Crippen molar-refractivity contribution in [3.05, 3.63) is 23.7 Å². The number of furan rings is 1. The Balaban J connectivity index is 1.44. The Morgan fingerprint density at radius 1 is 1.38 bits per heavy atom. The molecule has 2 aliphatic rings. The predicted molar refractivity (Wildman–Crippen MR) is 61.2 cm³/mol. The fourth-order valence-electron chi connectivity index (χ4n) is 2.92. The number of hydrogen-bond acceptors (Lipinski definition) is 3. The van der Waals surface area contributed by atoms with Crippen molar-refractivity contribution in [2.75, 3.05) is 6.54 Å². The van der Waals surface area contributed by atoms with Crippen molar-refractivity contribution in [3.8, 4) is 0 Å². The van der Waals surface area contributed by atoms with Crippen LogP contribution in [0.15, 0.2) is 16.5 Å². The third-order valence-electron chi connectivity index (χ3n) is 3.73. The van der Waals surface area contributed by atoms with Gasteiger partial charge in [-0.3, -0.25) is 0 Å². The van der Waals surface area contributed by atoms with Gasteiger partial charge in [-0.2, -0.15) is 0 Å². The molecule has 0 spiro atoms. The number of ether oxygens (including phenoxy) is 1. The molecule has 16 heavy (non-hydrogen) atoms. The Hall–Kier alpha value is -0.800. The first-order valence-corrected chi connectivity index (χ1v) is 6.23. The van der Waals surface area contributed by atoms with Crippen LogP contribution in [-0.2, 0) is 11.3 Å². The summed E-state index contributed by atoms with van der Waals surface area (Å²) in [5.74, 6) is 2.73. The van der Waals surface area contributed by atoms with Gasteiger partial charge in [0.15, 0.2) is 0 Å². The molecule has 3 heterocycles. The van der Waals surface area contributed by atoms with Gasteiger partial charge >= 0.3 is 0 Å². The van der Waals surface area contributed by atoms with E-state index in [1.54, 1.807) is 0 Å². The molecule has 3 atom stereocenters. The smallest absolute Gasteiger partial charge is 0.117 e. The maximum atomic E-state index is 5.83.